The molecule has 6 nitrogen and oxygen atoms in total. The number of nitrogens with zero attached hydrogens (tertiary/aromatic N) is 1. The Kier molecular flexibility index (Phi) is 6.67. The molecule has 2 amide bonds. The number of aromatic nitrogens is 1. The van der Waals surface area contributed by atoms with Gasteiger partial charge in [-0.3, -0.25) is 25.4 Å². The second kappa shape index (κ2) is 9.80. The topological polar surface area (TPSA) is 80.3 Å². The summed E-state index contributed by atoms with van der Waals surface area (Å²) in [5, 5.41) is 0. The van der Waals surface area contributed by atoms with E-state index in [1.54, 1.807) is 36.5 Å². The number of hydrogen-bond acceptors (Lipinski definition) is 4. The van der Waals surface area contributed by atoms with Crippen LogP contribution < -0.4 is 15.6 Å². The minimum Gasteiger partial charge on any atom is -0.487 e. The van der Waals surface area contributed by atoms with Crippen LogP contribution >= 0.6 is 0 Å². The molecule has 2 aromatic carbocycles. The summed E-state index contributed by atoms with van der Waals surface area (Å²) in [4.78, 5) is 27.8. The first-order chi connectivity index (χ1) is 14.1. The second-order valence-electron chi connectivity index (χ2n) is 5.94. The van der Waals surface area contributed by atoms with Crippen molar-refractivity contribution in [1.82, 2.24) is 15.8 Å². The number of hydrazine groups is 1. The first-order valence-electron chi connectivity index (χ1n) is 8.77. The van der Waals surface area contributed by atoms with Gasteiger partial charge >= 0.3 is 0 Å². The Balaban J connectivity index is 1.47. The van der Waals surface area contributed by atoms with Crippen LogP contribution in [0.15, 0.2) is 79.0 Å². The molecule has 0 atom stereocenters. The maximum Gasteiger partial charge on any atom is 0.272 e. The highest BCUT2D eigenvalue weighted by atomic mass is 19.1. The van der Waals surface area contributed by atoms with Gasteiger partial charge in [-0.1, -0.05) is 30.3 Å². The predicted octanol–water partition coefficient (Wildman–Crippen LogP) is 3.27. The van der Waals surface area contributed by atoms with Crippen LogP contribution in [0.3, 0.4) is 0 Å². The molecule has 0 radical (unpaired) electrons. The number of carbonyl (C=O) groups excluding carboxylic acids is 2. The second-order valence-corrected chi connectivity index (χ2v) is 5.94. The summed E-state index contributed by atoms with van der Waals surface area (Å²) in [6.07, 6.45) is 4.54. The van der Waals surface area contributed by atoms with Crippen molar-refractivity contribution in [2.45, 2.75) is 6.61 Å². The minimum absolute atomic E-state index is 0.155. The number of pyridine rings is 1. The number of hydrogen-bond donors (Lipinski definition) is 2. The van der Waals surface area contributed by atoms with Crippen molar-refractivity contribution in [2.24, 2.45) is 0 Å². The summed E-state index contributed by atoms with van der Waals surface area (Å²) in [7, 11) is 0. The number of nitrogens with one attached hydrogen (secondary N) is 2. The number of benzene rings is 2. The molecule has 7 heteroatoms. The van der Waals surface area contributed by atoms with Gasteiger partial charge in [0, 0.05) is 12.3 Å². The summed E-state index contributed by atoms with van der Waals surface area (Å²) in [5.41, 5.74) is 5.81. The van der Waals surface area contributed by atoms with E-state index in [-0.39, 0.29) is 5.56 Å². The highest BCUT2D eigenvalue weighted by Gasteiger charge is 2.10. The standard InChI is InChI=1S/C22H18FN3O3/c23-20-7-2-1-6-19(20)22(28)26-25-21(27)13-10-16-8-11-18(12-9-16)29-15-17-5-3-4-14-24-17/h1-14H,15H2,(H,25,27)(H,26,28)/b13-10+. The molecule has 1 aromatic heterocycles. The lowest BCUT2D eigenvalue weighted by molar-refractivity contribution is -0.117. The van der Waals surface area contributed by atoms with E-state index in [2.05, 4.69) is 15.8 Å². The quantitative estimate of drug-likeness (QED) is 0.499. The first-order valence-corrected chi connectivity index (χ1v) is 8.77. The molecule has 0 unspecified atom stereocenters. The third kappa shape index (κ3) is 6.00. The van der Waals surface area contributed by atoms with Gasteiger partial charge < -0.3 is 4.74 Å². The summed E-state index contributed by atoms with van der Waals surface area (Å²) in [5.74, 6) is -1.28. The number of amides is 2. The molecule has 0 saturated carbocycles. The fourth-order valence-corrected chi connectivity index (χ4v) is 2.36. The molecule has 0 aliphatic carbocycles. The normalized spacial score (nSPS) is 10.5. The van der Waals surface area contributed by atoms with Crippen molar-refractivity contribution in [3.05, 3.63) is 102 Å². The van der Waals surface area contributed by atoms with E-state index in [1.807, 2.05) is 18.2 Å². The van der Waals surface area contributed by atoms with Gasteiger partial charge in [-0.05, 0) is 48.0 Å². The molecule has 0 bridgehead atoms. The van der Waals surface area contributed by atoms with Crippen LogP contribution in [0, 0.1) is 5.82 Å². The third-order valence-corrected chi connectivity index (χ3v) is 3.84. The first kappa shape index (κ1) is 19.8. The summed E-state index contributed by atoms with van der Waals surface area (Å²) < 4.78 is 19.2. The van der Waals surface area contributed by atoms with Crippen LogP contribution in [0.1, 0.15) is 21.6 Å². The number of ether oxygens (including phenoxy) is 1. The van der Waals surface area contributed by atoms with Crippen molar-refractivity contribution in [3.8, 4) is 5.75 Å². The van der Waals surface area contributed by atoms with Gasteiger partial charge in [0.25, 0.3) is 11.8 Å². The van der Waals surface area contributed by atoms with Crippen LogP contribution in [0.25, 0.3) is 6.08 Å². The van der Waals surface area contributed by atoms with Gasteiger partial charge in [-0.25, -0.2) is 4.39 Å². The molecule has 3 rings (SSSR count). The fourth-order valence-electron chi connectivity index (χ4n) is 2.36. The van der Waals surface area contributed by atoms with E-state index in [1.165, 1.54) is 30.3 Å². The molecule has 0 spiro atoms. The molecule has 0 aliphatic heterocycles. The van der Waals surface area contributed by atoms with E-state index in [0.717, 1.165) is 11.3 Å². The lowest BCUT2D eigenvalue weighted by atomic mass is 10.2. The number of carbonyl (C=O) groups is 2. The SMILES string of the molecule is O=C(/C=C/c1ccc(OCc2ccccn2)cc1)NNC(=O)c1ccccc1F. The van der Waals surface area contributed by atoms with Crippen LogP contribution in [-0.2, 0) is 11.4 Å². The maximum absolute atomic E-state index is 13.5. The molecule has 0 saturated heterocycles. The van der Waals surface area contributed by atoms with E-state index in [0.29, 0.717) is 12.4 Å². The molecule has 3 aromatic rings. The van der Waals surface area contributed by atoms with Crippen molar-refractivity contribution in [2.75, 3.05) is 0 Å². The van der Waals surface area contributed by atoms with E-state index in [9.17, 15) is 14.0 Å². The monoisotopic (exact) mass is 391 g/mol. The molecule has 146 valence electrons. The third-order valence-electron chi connectivity index (χ3n) is 3.84. The molecular weight excluding hydrogens is 373 g/mol. The van der Waals surface area contributed by atoms with Crippen LogP contribution in [-0.4, -0.2) is 16.8 Å². The highest BCUT2D eigenvalue weighted by molar-refractivity contribution is 5.98. The Morgan fingerprint density at radius 2 is 1.72 bits per heavy atom. The average molecular weight is 391 g/mol. The lowest BCUT2D eigenvalue weighted by Gasteiger charge is -2.06. The van der Waals surface area contributed by atoms with Gasteiger partial charge in [0.05, 0.1) is 11.3 Å². The Bertz CT molecular complexity index is 1010. The Morgan fingerprint density at radius 3 is 2.45 bits per heavy atom. The lowest BCUT2D eigenvalue weighted by Crippen LogP contribution is -2.41. The van der Waals surface area contributed by atoms with Crippen LogP contribution in [0.2, 0.25) is 0 Å². The van der Waals surface area contributed by atoms with Crippen LogP contribution in [0.4, 0.5) is 4.39 Å². The predicted molar refractivity (Wildman–Crippen MR) is 106 cm³/mol. The van der Waals surface area contributed by atoms with E-state index >= 15 is 0 Å². The molecule has 0 fully saturated rings. The minimum atomic E-state index is -0.737. The van der Waals surface area contributed by atoms with Crippen LogP contribution in [0.5, 0.6) is 5.75 Å². The van der Waals surface area contributed by atoms with Gasteiger partial charge in [-0.2, -0.15) is 0 Å². The zero-order valence-corrected chi connectivity index (χ0v) is 15.3. The molecule has 29 heavy (non-hydrogen) atoms. The van der Waals surface area contributed by atoms with E-state index in [4.69, 9.17) is 4.74 Å². The average Bonchev–Trinajstić information content (AvgIpc) is 2.76. The maximum atomic E-state index is 13.5. The van der Waals surface area contributed by atoms with Gasteiger partial charge in [0.15, 0.2) is 0 Å². The Hall–Kier alpha value is -4.00. The summed E-state index contributed by atoms with van der Waals surface area (Å²) in [6, 6.07) is 18.2. The van der Waals surface area contributed by atoms with Crippen molar-refractivity contribution < 1.29 is 18.7 Å². The Labute approximate surface area is 167 Å². The largest absolute Gasteiger partial charge is 0.487 e. The van der Waals surface area contributed by atoms with Gasteiger partial charge in [0.2, 0.25) is 0 Å². The van der Waals surface area contributed by atoms with Crippen molar-refractivity contribution in [3.63, 3.8) is 0 Å². The fraction of sp³-hybridized carbons (Fsp3) is 0.0455. The smallest absolute Gasteiger partial charge is 0.272 e. The van der Waals surface area contributed by atoms with Gasteiger partial charge in [-0.15, -0.1) is 0 Å². The summed E-state index contributed by atoms with van der Waals surface area (Å²) in [6.45, 7) is 0.361. The highest BCUT2D eigenvalue weighted by Crippen LogP contribution is 2.14. The zero-order valence-electron chi connectivity index (χ0n) is 15.3. The number of halogens is 1. The molecule has 1 heterocycles. The summed E-state index contributed by atoms with van der Waals surface area (Å²) >= 11 is 0. The number of rotatable bonds is 6. The van der Waals surface area contributed by atoms with Crippen molar-refractivity contribution >= 4 is 17.9 Å². The van der Waals surface area contributed by atoms with Crippen molar-refractivity contribution in [1.29, 1.82) is 0 Å². The molecule has 2 N–H and O–H groups in total. The molecular formula is C22H18FN3O3. The van der Waals surface area contributed by atoms with E-state index < -0.39 is 17.6 Å². The van der Waals surface area contributed by atoms with Gasteiger partial charge in [0.1, 0.15) is 18.2 Å². The Morgan fingerprint density at radius 1 is 0.966 bits per heavy atom. The zero-order chi connectivity index (χ0) is 20.5. The molecule has 0 aliphatic rings.